The van der Waals surface area contributed by atoms with Crippen molar-refractivity contribution in [1.82, 2.24) is 4.98 Å². The lowest BCUT2D eigenvalue weighted by atomic mass is 10.2. The number of amides is 1. The third-order valence-corrected chi connectivity index (χ3v) is 5.23. The van der Waals surface area contributed by atoms with Gasteiger partial charge in [0.25, 0.3) is 5.91 Å². The van der Waals surface area contributed by atoms with Crippen LogP contribution in [0.2, 0.25) is 5.02 Å². The first-order valence-corrected chi connectivity index (χ1v) is 8.86. The van der Waals surface area contributed by atoms with Crippen molar-refractivity contribution in [2.24, 2.45) is 0 Å². The monoisotopic (exact) mass is 372 g/mol. The molecule has 1 aromatic heterocycles. The molecular formula is C19H17ClN2O2S. The summed E-state index contributed by atoms with van der Waals surface area (Å²) in [6, 6.07) is 13.0. The smallest absolute Gasteiger partial charge is 0.267 e. The molecule has 0 unspecified atom stereocenters. The molecule has 3 aromatic rings. The van der Waals surface area contributed by atoms with Crippen molar-refractivity contribution >= 4 is 34.5 Å². The second-order valence-electron chi connectivity index (χ2n) is 5.58. The van der Waals surface area contributed by atoms with Gasteiger partial charge in [-0.1, -0.05) is 17.7 Å². The molecule has 0 spiro atoms. The number of rotatable bonds is 4. The zero-order valence-corrected chi connectivity index (χ0v) is 15.7. The van der Waals surface area contributed by atoms with Crippen LogP contribution < -0.4 is 10.1 Å². The molecule has 128 valence electrons. The topological polar surface area (TPSA) is 51.2 Å². The molecule has 6 heteroatoms. The average molecular weight is 373 g/mol. The van der Waals surface area contributed by atoms with Crippen molar-refractivity contribution in [1.29, 1.82) is 0 Å². The van der Waals surface area contributed by atoms with Gasteiger partial charge in [0.05, 0.1) is 12.8 Å². The molecule has 0 aliphatic rings. The van der Waals surface area contributed by atoms with E-state index in [2.05, 4.69) is 10.3 Å². The fourth-order valence-corrected chi connectivity index (χ4v) is 3.51. The number of aryl methyl sites for hydroxylation is 2. The Kier molecular flexibility index (Phi) is 5.06. The maximum Gasteiger partial charge on any atom is 0.267 e. The van der Waals surface area contributed by atoms with E-state index in [-0.39, 0.29) is 5.91 Å². The van der Waals surface area contributed by atoms with Crippen LogP contribution in [-0.4, -0.2) is 18.0 Å². The Bertz CT molecular complexity index is 920. The van der Waals surface area contributed by atoms with Crippen LogP contribution in [0.4, 0.5) is 5.69 Å². The summed E-state index contributed by atoms with van der Waals surface area (Å²) in [7, 11) is 1.63. The normalized spacial score (nSPS) is 10.6. The highest BCUT2D eigenvalue weighted by molar-refractivity contribution is 7.17. The van der Waals surface area contributed by atoms with Crippen molar-refractivity contribution in [2.45, 2.75) is 13.8 Å². The Morgan fingerprint density at radius 2 is 1.88 bits per heavy atom. The van der Waals surface area contributed by atoms with Crippen LogP contribution in [0.3, 0.4) is 0 Å². The molecule has 0 atom stereocenters. The Balaban J connectivity index is 1.86. The van der Waals surface area contributed by atoms with Crippen LogP contribution in [0.25, 0.3) is 10.6 Å². The summed E-state index contributed by atoms with van der Waals surface area (Å²) in [4.78, 5) is 17.8. The van der Waals surface area contributed by atoms with E-state index in [1.165, 1.54) is 11.3 Å². The zero-order valence-electron chi connectivity index (χ0n) is 14.1. The Labute approximate surface area is 155 Å². The maximum absolute atomic E-state index is 12.6. The highest BCUT2D eigenvalue weighted by Gasteiger charge is 2.17. The molecule has 0 fully saturated rings. The molecule has 0 bridgehead atoms. The van der Waals surface area contributed by atoms with Crippen LogP contribution in [0.15, 0.2) is 42.5 Å². The Morgan fingerprint density at radius 3 is 2.56 bits per heavy atom. The number of nitrogens with one attached hydrogen (secondary N) is 1. The van der Waals surface area contributed by atoms with Gasteiger partial charge in [-0.3, -0.25) is 4.79 Å². The minimum atomic E-state index is -0.180. The van der Waals surface area contributed by atoms with Gasteiger partial charge < -0.3 is 10.1 Å². The second-order valence-corrected chi connectivity index (χ2v) is 7.01. The summed E-state index contributed by atoms with van der Waals surface area (Å²) < 4.78 is 5.17. The summed E-state index contributed by atoms with van der Waals surface area (Å²) >= 11 is 7.38. The first-order chi connectivity index (χ1) is 12.0. The van der Waals surface area contributed by atoms with Crippen LogP contribution in [0.5, 0.6) is 5.75 Å². The Hall–Kier alpha value is -2.37. The average Bonchev–Trinajstić information content (AvgIpc) is 3.00. The van der Waals surface area contributed by atoms with Gasteiger partial charge >= 0.3 is 0 Å². The quantitative estimate of drug-likeness (QED) is 0.672. The van der Waals surface area contributed by atoms with Crippen LogP contribution in [-0.2, 0) is 0 Å². The van der Waals surface area contributed by atoms with Crippen molar-refractivity contribution in [3.8, 4) is 16.3 Å². The van der Waals surface area contributed by atoms with Gasteiger partial charge in [-0.2, -0.15) is 0 Å². The van der Waals surface area contributed by atoms with Crippen molar-refractivity contribution in [3.05, 3.63) is 63.6 Å². The molecule has 0 saturated heterocycles. The molecule has 1 heterocycles. The zero-order chi connectivity index (χ0) is 18.0. The number of methoxy groups -OCH3 is 1. The molecule has 25 heavy (non-hydrogen) atoms. The summed E-state index contributed by atoms with van der Waals surface area (Å²) in [5.74, 6) is 0.603. The van der Waals surface area contributed by atoms with E-state index in [1.807, 2.05) is 44.2 Å². The van der Waals surface area contributed by atoms with Gasteiger partial charge in [0.2, 0.25) is 0 Å². The van der Waals surface area contributed by atoms with E-state index in [9.17, 15) is 4.79 Å². The molecule has 2 aromatic carbocycles. The lowest BCUT2D eigenvalue weighted by Gasteiger charge is -2.08. The fourth-order valence-electron chi connectivity index (χ4n) is 2.37. The molecule has 3 rings (SSSR count). The van der Waals surface area contributed by atoms with Gasteiger partial charge in [-0.25, -0.2) is 4.98 Å². The van der Waals surface area contributed by atoms with Gasteiger partial charge in [0.1, 0.15) is 15.6 Å². The predicted molar refractivity (Wildman–Crippen MR) is 103 cm³/mol. The molecule has 1 N–H and O–H groups in total. The van der Waals surface area contributed by atoms with Crippen molar-refractivity contribution in [3.63, 3.8) is 0 Å². The van der Waals surface area contributed by atoms with Crippen molar-refractivity contribution < 1.29 is 9.53 Å². The number of nitrogens with zero attached hydrogens (tertiary/aromatic N) is 1. The van der Waals surface area contributed by atoms with E-state index in [0.717, 1.165) is 21.9 Å². The summed E-state index contributed by atoms with van der Waals surface area (Å²) in [6.45, 7) is 3.76. The second kappa shape index (κ2) is 7.25. The van der Waals surface area contributed by atoms with E-state index < -0.39 is 0 Å². The number of halogens is 1. The number of thiazole rings is 1. The number of carbonyl (C=O) groups excluding carboxylic acids is 1. The van der Waals surface area contributed by atoms with Crippen LogP contribution in [0, 0.1) is 13.8 Å². The van der Waals surface area contributed by atoms with E-state index in [4.69, 9.17) is 16.3 Å². The van der Waals surface area contributed by atoms with Crippen LogP contribution >= 0.6 is 22.9 Å². The minimum Gasteiger partial charge on any atom is -0.497 e. The molecule has 4 nitrogen and oxygen atoms in total. The van der Waals surface area contributed by atoms with E-state index in [0.29, 0.717) is 21.3 Å². The first kappa shape index (κ1) is 17.5. The third kappa shape index (κ3) is 3.83. The van der Waals surface area contributed by atoms with Gasteiger partial charge in [0.15, 0.2) is 0 Å². The standard InChI is InChI=1S/C19H17ClN2O2S/c1-11-4-7-14(20)10-16(11)22-18(23)17-12(2)21-19(25-17)13-5-8-15(24-3)9-6-13/h4-10H,1-3H3,(H,22,23). The van der Waals surface area contributed by atoms with E-state index >= 15 is 0 Å². The molecule has 0 aliphatic carbocycles. The highest BCUT2D eigenvalue weighted by Crippen LogP contribution is 2.30. The maximum atomic E-state index is 12.6. The SMILES string of the molecule is COc1ccc(-c2nc(C)c(C(=O)Nc3cc(Cl)ccc3C)s2)cc1. The number of anilines is 1. The van der Waals surface area contributed by atoms with Crippen LogP contribution in [0.1, 0.15) is 20.9 Å². The fraction of sp³-hybridized carbons (Fsp3) is 0.158. The number of carbonyl (C=O) groups is 1. The van der Waals surface area contributed by atoms with Crippen molar-refractivity contribution in [2.75, 3.05) is 12.4 Å². The third-order valence-electron chi connectivity index (χ3n) is 3.79. The number of hydrogen-bond acceptors (Lipinski definition) is 4. The largest absolute Gasteiger partial charge is 0.497 e. The van der Waals surface area contributed by atoms with E-state index in [1.54, 1.807) is 19.2 Å². The molecule has 1 amide bonds. The number of benzene rings is 2. The predicted octanol–water partition coefficient (Wildman–Crippen LogP) is 5.34. The molecular weight excluding hydrogens is 356 g/mol. The molecule has 0 saturated carbocycles. The first-order valence-electron chi connectivity index (χ1n) is 7.67. The highest BCUT2D eigenvalue weighted by atomic mass is 35.5. The number of hydrogen-bond donors (Lipinski definition) is 1. The van der Waals surface area contributed by atoms with Gasteiger partial charge in [-0.15, -0.1) is 11.3 Å². The number of ether oxygens (including phenoxy) is 1. The summed E-state index contributed by atoms with van der Waals surface area (Å²) in [6.07, 6.45) is 0. The van der Waals surface area contributed by atoms with Gasteiger partial charge in [-0.05, 0) is 55.8 Å². The lowest BCUT2D eigenvalue weighted by Crippen LogP contribution is -2.12. The Morgan fingerprint density at radius 1 is 1.16 bits per heavy atom. The summed E-state index contributed by atoms with van der Waals surface area (Å²) in [5.41, 5.74) is 3.31. The lowest BCUT2D eigenvalue weighted by molar-refractivity contribution is 0.102. The molecule has 0 radical (unpaired) electrons. The molecule has 0 aliphatic heterocycles. The van der Waals surface area contributed by atoms with Gasteiger partial charge in [0, 0.05) is 16.3 Å². The number of aromatic nitrogens is 1. The summed E-state index contributed by atoms with van der Waals surface area (Å²) in [5, 5.41) is 4.30. The minimum absolute atomic E-state index is 0.180.